The van der Waals surface area contributed by atoms with Crippen LogP contribution in [0.25, 0.3) is 0 Å². The Balaban J connectivity index is 4.46. The van der Waals surface area contributed by atoms with Crippen molar-refractivity contribution in [2.45, 2.75) is 19.8 Å². The lowest BCUT2D eigenvalue weighted by molar-refractivity contribution is 0.890. The molecule has 0 radical (unpaired) electrons. The lowest BCUT2D eigenvalue weighted by Gasteiger charge is -2.06. The van der Waals surface area contributed by atoms with Gasteiger partial charge in [0.15, 0.2) is 0 Å². The Hall–Kier alpha value is -0.980. The molecule has 0 atom stereocenters. The molecule has 11 heavy (non-hydrogen) atoms. The van der Waals surface area contributed by atoms with Crippen LogP contribution in [0.2, 0.25) is 0 Å². The first-order chi connectivity index (χ1) is 5.29. The van der Waals surface area contributed by atoms with Gasteiger partial charge >= 0.3 is 0 Å². The maximum Gasteiger partial charge on any atom is 0.0363 e. The number of likely N-dealkylation sites (N-methyl/N-ethyl adjacent to an activating group) is 1. The molecule has 0 aromatic rings. The summed E-state index contributed by atoms with van der Waals surface area (Å²) in [6, 6.07) is 0. The van der Waals surface area contributed by atoms with Crippen LogP contribution < -0.4 is 5.32 Å². The molecule has 0 aliphatic carbocycles. The molecule has 0 saturated carbocycles. The van der Waals surface area contributed by atoms with E-state index in [-0.39, 0.29) is 0 Å². The summed E-state index contributed by atoms with van der Waals surface area (Å²) >= 11 is 0. The topological polar surface area (TPSA) is 12.0 Å². The van der Waals surface area contributed by atoms with Crippen molar-refractivity contribution in [1.29, 1.82) is 0 Å². The fraction of sp³-hybridized carbons (Fsp3) is 0.400. The predicted octanol–water partition coefficient (Wildman–Crippen LogP) is 2.63. The van der Waals surface area contributed by atoms with Gasteiger partial charge in [-0.05, 0) is 18.1 Å². The van der Waals surface area contributed by atoms with Gasteiger partial charge in [0.1, 0.15) is 0 Å². The van der Waals surface area contributed by atoms with Crippen LogP contribution in [0.3, 0.4) is 0 Å². The Morgan fingerprint density at radius 1 is 1.36 bits per heavy atom. The highest BCUT2D eigenvalue weighted by Gasteiger charge is 1.95. The second-order valence-corrected chi connectivity index (χ2v) is 2.35. The second kappa shape index (κ2) is 5.78. The molecule has 1 heteroatoms. The van der Waals surface area contributed by atoms with Crippen molar-refractivity contribution in [1.82, 2.24) is 5.32 Å². The monoisotopic (exact) mass is 151 g/mol. The molecule has 0 rings (SSSR count). The molecule has 62 valence electrons. The third kappa shape index (κ3) is 3.08. The summed E-state index contributed by atoms with van der Waals surface area (Å²) in [6.45, 7) is 9.62. The quantitative estimate of drug-likeness (QED) is 0.596. The molecule has 0 aromatic heterocycles. The molecule has 0 aromatic carbocycles. The van der Waals surface area contributed by atoms with E-state index in [1.807, 2.05) is 19.2 Å². The van der Waals surface area contributed by atoms with Crippen LogP contribution in [0, 0.1) is 0 Å². The maximum atomic E-state index is 3.75. The Morgan fingerprint density at radius 3 is 2.27 bits per heavy atom. The highest BCUT2D eigenvalue weighted by Crippen LogP contribution is 2.10. The van der Waals surface area contributed by atoms with Crippen molar-refractivity contribution >= 4 is 0 Å². The first-order valence-electron chi connectivity index (χ1n) is 3.95. The standard InChI is InChI=1S/C10H17N/c1-5-8-9(6-2)10(7-3)11-4/h6-7,11H,2-3,5,8H2,1,4H3/b10-9-. The summed E-state index contributed by atoms with van der Waals surface area (Å²) < 4.78 is 0. The minimum absolute atomic E-state index is 1.06. The lowest BCUT2D eigenvalue weighted by atomic mass is 10.1. The molecule has 0 saturated heterocycles. The Kier molecular flexibility index (Phi) is 5.26. The fourth-order valence-electron chi connectivity index (χ4n) is 1.01. The zero-order chi connectivity index (χ0) is 8.69. The Morgan fingerprint density at radius 2 is 2.00 bits per heavy atom. The summed E-state index contributed by atoms with van der Waals surface area (Å²) in [5, 5.41) is 3.08. The van der Waals surface area contributed by atoms with Gasteiger partial charge in [-0.3, -0.25) is 0 Å². The molecule has 0 bridgehead atoms. The number of rotatable bonds is 5. The lowest BCUT2D eigenvalue weighted by Crippen LogP contribution is -2.05. The van der Waals surface area contributed by atoms with Gasteiger partial charge in [0.2, 0.25) is 0 Å². The van der Waals surface area contributed by atoms with Crippen LogP contribution in [0.4, 0.5) is 0 Å². The second-order valence-electron chi connectivity index (χ2n) is 2.35. The summed E-state index contributed by atoms with van der Waals surface area (Å²) in [7, 11) is 1.90. The van der Waals surface area contributed by atoms with Gasteiger partial charge < -0.3 is 5.32 Å². The summed E-state index contributed by atoms with van der Waals surface area (Å²) in [5.41, 5.74) is 2.33. The smallest absolute Gasteiger partial charge is 0.0363 e. The van der Waals surface area contributed by atoms with E-state index in [1.165, 1.54) is 5.57 Å². The van der Waals surface area contributed by atoms with Crippen LogP contribution in [-0.2, 0) is 0 Å². The van der Waals surface area contributed by atoms with Crippen LogP contribution in [0.1, 0.15) is 19.8 Å². The van der Waals surface area contributed by atoms with E-state index in [2.05, 4.69) is 25.4 Å². The molecule has 1 nitrogen and oxygen atoms in total. The van der Waals surface area contributed by atoms with Crippen LogP contribution >= 0.6 is 0 Å². The number of allylic oxidation sites excluding steroid dienone is 3. The molecular formula is C10H17N. The summed E-state index contributed by atoms with van der Waals surface area (Å²) in [5.74, 6) is 0. The van der Waals surface area contributed by atoms with Gasteiger partial charge in [0.25, 0.3) is 0 Å². The SMILES string of the molecule is C=C/C(CCC)=C(\C=C)NC. The highest BCUT2D eigenvalue weighted by molar-refractivity contribution is 5.29. The van der Waals surface area contributed by atoms with Gasteiger partial charge in [0.05, 0.1) is 0 Å². The van der Waals surface area contributed by atoms with E-state index >= 15 is 0 Å². The molecular weight excluding hydrogens is 134 g/mol. The van der Waals surface area contributed by atoms with E-state index in [4.69, 9.17) is 0 Å². The minimum atomic E-state index is 1.06. The number of hydrogen-bond acceptors (Lipinski definition) is 1. The molecule has 0 unspecified atom stereocenters. The average Bonchev–Trinajstić information content (AvgIpc) is 2.05. The van der Waals surface area contributed by atoms with Crippen LogP contribution in [0.15, 0.2) is 36.6 Å². The first kappa shape index (κ1) is 10.0. The third-order valence-corrected chi connectivity index (χ3v) is 1.59. The van der Waals surface area contributed by atoms with Crippen LogP contribution in [0.5, 0.6) is 0 Å². The van der Waals surface area contributed by atoms with Gasteiger partial charge in [-0.25, -0.2) is 0 Å². The third-order valence-electron chi connectivity index (χ3n) is 1.59. The minimum Gasteiger partial charge on any atom is -0.388 e. The highest BCUT2D eigenvalue weighted by atomic mass is 14.8. The van der Waals surface area contributed by atoms with Crippen molar-refractivity contribution in [2.24, 2.45) is 0 Å². The molecule has 1 N–H and O–H groups in total. The van der Waals surface area contributed by atoms with E-state index in [0.29, 0.717) is 0 Å². The molecule has 0 spiro atoms. The molecule has 0 fully saturated rings. The van der Waals surface area contributed by atoms with Crippen molar-refractivity contribution in [3.63, 3.8) is 0 Å². The largest absolute Gasteiger partial charge is 0.388 e. The zero-order valence-electron chi connectivity index (χ0n) is 7.48. The Bertz CT molecular complexity index is 166. The van der Waals surface area contributed by atoms with E-state index in [1.54, 1.807) is 0 Å². The summed E-state index contributed by atoms with van der Waals surface area (Å²) in [4.78, 5) is 0. The maximum absolute atomic E-state index is 3.75. The van der Waals surface area contributed by atoms with Gasteiger partial charge in [-0.15, -0.1) is 0 Å². The van der Waals surface area contributed by atoms with Crippen molar-refractivity contribution in [3.8, 4) is 0 Å². The van der Waals surface area contributed by atoms with Crippen LogP contribution in [-0.4, -0.2) is 7.05 Å². The van der Waals surface area contributed by atoms with Crippen molar-refractivity contribution in [2.75, 3.05) is 7.05 Å². The van der Waals surface area contributed by atoms with E-state index in [9.17, 15) is 0 Å². The fourth-order valence-corrected chi connectivity index (χ4v) is 1.01. The Labute approximate surface area is 69.5 Å². The molecule has 0 aliphatic rings. The molecule has 0 heterocycles. The normalized spacial score (nSPS) is 11.8. The summed E-state index contributed by atoms with van der Waals surface area (Å²) in [6.07, 6.45) is 5.91. The number of hydrogen-bond donors (Lipinski definition) is 1. The van der Waals surface area contributed by atoms with E-state index in [0.717, 1.165) is 18.5 Å². The van der Waals surface area contributed by atoms with Gasteiger partial charge in [-0.1, -0.05) is 32.6 Å². The predicted molar refractivity (Wildman–Crippen MR) is 51.4 cm³/mol. The van der Waals surface area contributed by atoms with Gasteiger partial charge in [0, 0.05) is 12.7 Å². The molecule has 0 aliphatic heterocycles. The molecule has 0 amide bonds. The number of nitrogens with one attached hydrogen (secondary N) is 1. The first-order valence-corrected chi connectivity index (χ1v) is 3.95. The average molecular weight is 151 g/mol. The van der Waals surface area contributed by atoms with Gasteiger partial charge in [-0.2, -0.15) is 0 Å². The zero-order valence-corrected chi connectivity index (χ0v) is 7.48. The van der Waals surface area contributed by atoms with Crippen molar-refractivity contribution < 1.29 is 0 Å². The van der Waals surface area contributed by atoms with E-state index < -0.39 is 0 Å². The van der Waals surface area contributed by atoms with Crippen molar-refractivity contribution in [3.05, 3.63) is 36.6 Å².